The minimum absolute atomic E-state index is 0.675. The van der Waals surface area contributed by atoms with E-state index in [2.05, 4.69) is 46.5 Å². The fourth-order valence-corrected chi connectivity index (χ4v) is 3.48. The minimum atomic E-state index is 0.675. The number of H-pyrrole nitrogens is 1. The first-order valence-electron chi connectivity index (χ1n) is 6.88. The van der Waals surface area contributed by atoms with Gasteiger partial charge >= 0.3 is 0 Å². The fourth-order valence-electron chi connectivity index (χ4n) is 2.60. The van der Waals surface area contributed by atoms with E-state index in [1.807, 2.05) is 18.2 Å². The number of pyridine rings is 1. The predicted octanol–water partition coefficient (Wildman–Crippen LogP) is 4.70. The largest absolute Gasteiger partial charge is 0.359 e. The zero-order chi connectivity index (χ0) is 15.1. The van der Waals surface area contributed by atoms with Gasteiger partial charge < -0.3 is 10.3 Å². The Morgan fingerprint density at radius 3 is 3.00 bits per heavy atom. The van der Waals surface area contributed by atoms with E-state index >= 15 is 0 Å². The van der Waals surface area contributed by atoms with E-state index in [-0.39, 0.29) is 0 Å². The second kappa shape index (κ2) is 4.86. The summed E-state index contributed by atoms with van der Waals surface area (Å²) in [5.41, 5.74) is 5.13. The standard InChI is InChI=1S/C17H12N4S/c1-10-6-11-7-12(2-3-14(11)20-10)21-15-4-5-19-16-8-13(9-18)22-17(15)16/h2-8,20H,1H3,(H,19,21). The number of fused-ring (bicyclic) bond motifs is 2. The van der Waals surface area contributed by atoms with Gasteiger partial charge in [-0.2, -0.15) is 5.26 Å². The lowest BCUT2D eigenvalue weighted by molar-refractivity contribution is 1.30. The van der Waals surface area contributed by atoms with Gasteiger partial charge in [0.15, 0.2) is 0 Å². The molecule has 3 heterocycles. The quantitative estimate of drug-likeness (QED) is 0.564. The first-order chi connectivity index (χ1) is 10.7. The number of aromatic amines is 1. The number of nitrogens with one attached hydrogen (secondary N) is 2. The van der Waals surface area contributed by atoms with Gasteiger partial charge in [-0.05, 0) is 43.3 Å². The van der Waals surface area contributed by atoms with Gasteiger partial charge in [0, 0.05) is 28.5 Å². The third kappa shape index (κ3) is 2.10. The third-order valence-electron chi connectivity index (χ3n) is 3.56. The maximum absolute atomic E-state index is 9.05. The van der Waals surface area contributed by atoms with Crippen molar-refractivity contribution in [2.45, 2.75) is 6.92 Å². The van der Waals surface area contributed by atoms with Gasteiger partial charge in [-0.15, -0.1) is 11.3 Å². The monoisotopic (exact) mass is 304 g/mol. The average molecular weight is 304 g/mol. The van der Waals surface area contributed by atoms with Crippen LogP contribution in [0.25, 0.3) is 21.1 Å². The summed E-state index contributed by atoms with van der Waals surface area (Å²) in [6, 6.07) is 14.3. The molecule has 0 fully saturated rings. The van der Waals surface area contributed by atoms with Crippen molar-refractivity contribution in [1.29, 1.82) is 5.26 Å². The van der Waals surface area contributed by atoms with Crippen LogP contribution in [0.15, 0.2) is 42.6 Å². The summed E-state index contributed by atoms with van der Waals surface area (Å²) in [4.78, 5) is 8.31. The molecule has 22 heavy (non-hydrogen) atoms. The Bertz CT molecular complexity index is 1040. The molecule has 4 aromatic rings. The van der Waals surface area contributed by atoms with Crippen LogP contribution in [0, 0.1) is 18.3 Å². The molecule has 0 saturated carbocycles. The molecular formula is C17H12N4S. The first-order valence-corrected chi connectivity index (χ1v) is 7.69. The fraction of sp³-hybridized carbons (Fsp3) is 0.0588. The molecule has 5 heteroatoms. The van der Waals surface area contributed by atoms with E-state index < -0.39 is 0 Å². The number of aryl methyl sites for hydroxylation is 1. The molecule has 0 aliphatic carbocycles. The highest BCUT2D eigenvalue weighted by Crippen LogP contribution is 2.32. The van der Waals surface area contributed by atoms with Crippen LogP contribution in [0.4, 0.5) is 11.4 Å². The van der Waals surface area contributed by atoms with E-state index in [1.54, 1.807) is 6.20 Å². The molecule has 4 nitrogen and oxygen atoms in total. The molecule has 0 aliphatic heterocycles. The number of hydrogen-bond donors (Lipinski definition) is 2. The number of thiophene rings is 1. The second-order valence-electron chi connectivity index (χ2n) is 5.17. The van der Waals surface area contributed by atoms with Crippen molar-refractivity contribution in [3.8, 4) is 6.07 Å². The smallest absolute Gasteiger partial charge is 0.110 e. The van der Waals surface area contributed by atoms with Crippen LogP contribution in [-0.4, -0.2) is 9.97 Å². The van der Waals surface area contributed by atoms with E-state index in [0.717, 1.165) is 32.8 Å². The molecule has 0 saturated heterocycles. The molecule has 0 atom stereocenters. The minimum Gasteiger partial charge on any atom is -0.359 e. The maximum atomic E-state index is 9.05. The van der Waals surface area contributed by atoms with E-state index in [1.165, 1.54) is 16.7 Å². The molecule has 0 unspecified atom stereocenters. The van der Waals surface area contributed by atoms with Crippen LogP contribution >= 0.6 is 11.3 Å². The van der Waals surface area contributed by atoms with Crippen molar-refractivity contribution in [3.05, 3.63) is 53.2 Å². The van der Waals surface area contributed by atoms with Crippen molar-refractivity contribution in [2.24, 2.45) is 0 Å². The molecule has 0 spiro atoms. The lowest BCUT2D eigenvalue weighted by atomic mass is 10.2. The van der Waals surface area contributed by atoms with E-state index in [4.69, 9.17) is 5.26 Å². The van der Waals surface area contributed by atoms with Crippen LogP contribution in [0.5, 0.6) is 0 Å². The summed E-state index contributed by atoms with van der Waals surface area (Å²) in [5, 5.41) is 13.7. The third-order valence-corrected chi connectivity index (χ3v) is 4.62. The molecule has 0 amide bonds. The molecule has 3 aromatic heterocycles. The molecular weight excluding hydrogens is 292 g/mol. The van der Waals surface area contributed by atoms with Crippen molar-refractivity contribution in [2.75, 3.05) is 5.32 Å². The summed E-state index contributed by atoms with van der Waals surface area (Å²) in [6.07, 6.45) is 1.76. The highest BCUT2D eigenvalue weighted by atomic mass is 32.1. The molecule has 1 aromatic carbocycles. The lowest BCUT2D eigenvalue weighted by Gasteiger charge is -2.07. The summed E-state index contributed by atoms with van der Waals surface area (Å²) in [6.45, 7) is 2.05. The Kier molecular flexibility index (Phi) is 2.84. The number of rotatable bonds is 2. The van der Waals surface area contributed by atoms with Crippen LogP contribution in [0.1, 0.15) is 10.6 Å². The number of aromatic nitrogens is 2. The average Bonchev–Trinajstić information content (AvgIpc) is 3.09. The maximum Gasteiger partial charge on any atom is 0.110 e. The zero-order valence-electron chi connectivity index (χ0n) is 11.8. The lowest BCUT2D eigenvalue weighted by Crippen LogP contribution is -1.90. The van der Waals surface area contributed by atoms with Crippen LogP contribution in [0.3, 0.4) is 0 Å². The Balaban J connectivity index is 1.78. The highest BCUT2D eigenvalue weighted by molar-refractivity contribution is 7.20. The summed E-state index contributed by atoms with van der Waals surface area (Å²) < 4.78 is 1.00. The topological polar surface area (TPSA) is 64.5 Å². The van der Waals surface area contributed by atoms with E-state index in [0.29, 0.717) is 4.88 Å². The summed E-state index contributed by atoms with van der Waals surface area (Å²) in [5.74, 6) is 0. The Morgan fingerprint density at radius 2 is 2.14 bits per heavy atom. The van der Waals surface area contributed by atoms with Gasteiger partial charge in [-0.25, -0.2) is 0 Å². The Morgan fingerprint density at radius 1 is 1.23 bits per heavy atom. The molecule has 0 radical (unpaired) electrons. The SMILES string of the molecule is Cc1cc2cc(Nc3ccnc4cc(C#N)sc34)ccc2[nH]1. The number of nitriles is 1. The van der Waals surface area contributed by atoms with Crippen molar-refractivity contribution < 1.29 is 0 Å². The molecule has 106 valence electrons. The molecule has 2 N–H and O–H groups in total. The summed E-state index contributed by atoms with van der Waals surface area (Å²) in [7, 11) is 0. The number of nitrogens with zero attached hydrogens (tertiary/aromatic N) is 2. The first kappa shape index (κ1) is 12.9. The number of benzene rings is 1. The molecule has 4 rings (SSSR count). The normalized spacial score (nSPS) is 10.9. The van der Waals surface area contributed by atoms with Gasteiger partial charge in [0.25, 0.3) is 0 Å². The van der Waals surface area contributed by atoms with Gasteiger partial charge in [0.2, 0.25) is 0 Å². The van der Waals surface area contributed by atoms with Gasteiger partial charge in [-0.3, -0.25) is 4.98 Å². The Hall–Kier alpha value is -2.84. The predicted molar refractivity (Wildman–Crippen MR) is 90.7 cm³/mol. The van der Waals surface area contributed by atoms with Gasteiger partial charge in [0.05, 0.1) is 15.9 Å². The van der Waals surface area contributed by atoms with Gasteiger partial charge in [-0.1, -0.05) is 0 Å². The molecule has 0 aliphatic rings. The highest BCUT2D eigenvalue weighted by Gasteiger charge is 2.08. The van der Waals surface area contributed by atoms with E-state index in [9.17, 15) is 0 Å². The second-order valence-corrected chi connectivity index (χ2v) is 6.23. The van der Waals surface area contributed by atoms with Crippen molar-refractivity contribution in [3.63, 3.8) is 0 Å². The number of anilines is 2. The summed E-state index contributed by atoms with van der Waals surface area (Å²) >= 11 is 1.46. The van der Waals surface area contributed by atoms with Crippen molar-refractivity contribution >= 4 is 43.8 Å². The van der Waals surface area contributed by atoms with Crippen LogP contribution < -0.4 is 5.32 Å². The molecule has 0 bridgehead atoms. The zero-order valence-corrected chi connectivity index (χ0v) is 12.7. The van der Waals surface area contributed by atoms with Crippen LogP contribution in [-0.2, 0) is 0 Å². The number of hydrogen-bond acceptors (Lipinski definition) is 4. The van der Waals surface area contributed by atoms with Crippen LogP contribution in [0.2, 0.25) is 0 Å². The Labute approximate surface area is 131 Å². The van der Waals surface area contributed by atoms with Gasteiger partial charge in [0.1, 0.15) is 10.9 Å². The van der Waals surface area contributed by atoms with Crippen molar-refractivity contribution in [1.82, 2.24) is 9.97 Å².